The molecule has 1 aromatic carbocycles. The first-order valence-corrected chi connectivity index (χ1v) is 7.45. The van der Waals surface area contributed by atoms with Gasteiger partial charge >= 0.3 is 5.97 Å². The molecule has 126 valence electrons. The van der Waals surface area contributed by atoms with Crippen LogP contribution in [0.5, 0.6) is 11.5 Å². The molecule has 1 aromatic rings. The molecule has 23 heavy (non-hydrogen) atoms. The van der Waals surface area contributed by atoms with E-state index in [2.05, 4.69) is 5.32 Å². The molecule has 0 radical (unpaired) electrons. The molecule has 7 heteroatoms. The molecule has 0 aliphatic rings. The molecule has 0 spiro atoms. The summed E-state index contributed by atoms with van der Waals surface area (Å²) >= 11 is 6.14. The zero-order valence-corrected chi connectivity index (χ0v) is 14.0. The lowest BCUT2D eigenvalue weighted by Crippen LogP contribution is -2.32. The number of ether oxygens (including phenoxy) is 2. The molecule has 0 heterocycles. The lowest BCUT2D eigenvalue weighted by atomic mass is 10.1. The van der Waals surface area contributed by atoms with Gasteiger partial charge in [-0.3, -0.25) is 9.59 Å². The molecule has 0 aliphatic heterocycles. The van der Waals surface area contributed by atoms with Crippen molar-refractivity contribution in [3.05, 3.63) is 28.8 Å². The van der Waals surface area contributed by atoms with Crippen molar-refractivity contribution in [2.75, 3.05) is 13.7 Å². The maximum absolute atomic E-state index is 11.7. The molecular weight excluding hydrogens is 322 g/mol. The van der Waals surface area contributed by atoms with Gasteiger partial charge in [0.1, 0.15) is 0 Å². The molecule has 1 unspecified atom stereocenters. The van der Waals surface area contributed by atoms with Crippen LogP contribution in [0.1, 0.15) is 25.8 Å². The second-order valence-electron chi connectivity index (χ2n) is 4.81. The number of halogens is 1. The Morgan fingerprint density at radius 1 is 1.43 bits per heavy atom. The van der Waals surface area contributed by atoms with Crippen molar-refractivity contribution in [3.8, 4) is 11.5 Å². The molecule has 0 bridgehead atoms. The van der Waals surface area contributed by atoms with Crippen LogP contribution in [-0.4, -0.2) is 36.7 Å². The summed E-state index contributed by atoms with van der Waals surface area (Å²) in [5.41, 5.74) is 0.663. The van der Waals surface area contributed by atoms with E-state index < -0.39 is 12.0 Å². The third-order valence-corrected chi connectivity index (χ3v) is 3.12. The van der Waals surface area contributed by atoms with Crippen LogP contribution in [0.15, 0.2) is 18.2 Å². The number of carboxylic acids is 1. The Balaban J connectivity index is 2.82. The number of hydrogen-bond acceptors (Lipinski definition) is 4. The van der Waals surface area contributed by atoms with Crippen molar-refractivity contribution in [1.82, 2.24) is 5.32 Å². The Morgan fingerprint density at radius 3 is 2.70 bits per heavy atom. The first kappa shape index (κ1) is 18.8. The van der Waals surface area contributed by atoms with Crippen LogP contribution in [0.3, 0.4) is 0 Å². The number of hydrogen-bond donors (Lipinski definition) is 2. The predicted octanol–water partition coefficient (Wildman–Crippen LogP) is 2.74. The fourth-order valence-corrected chi connectivity index (χ4v) is 2.17. The number of methoxy groups -OCH3 is 1. The van der Waals surface area contributed by atoms with Gasteiger partial charge in [0.25, 0.3) is 0 Å². The maximum atomic E-state index is 11.7. The number of rotatable bonds is 8. The summed E-state index contributed by atoms with van der Waals surface area (Å²) in [6, 6.07) is 2.89. The number of amides is 1. The van der Waals surface area contributed by atoms with Crippen LogP contribution in [0.25, 0.3) is 6.08 Å². The lowest BCUT2D eigenvalue weighted by Gasteiger charge is -2.12. The molecule has 0 aromatic heterocycles. The predicted molar refractivity (Wildman–Crippen MR) is 88.1 cm³/mol. The number of aliphatic carboxylic acids is 1. The summed E-state index contributed by atoms with van der Waals surface area (Å²) in [4.78, 5) is 22.3. The standard InChI is InChI=1S/C16H20ClNO5/c1-4-23-16-12(17)8-11(9-13(16)22-3)5-6-14(19)18-10(2)7-15(20)21/h5-6,8-10H,4,7H2,1-3H3,(H,18,19)(H,20,21). The topological polar surface area (TPSA) is 84.9 Å². The Labute approximate surface area is 140 Å². The van der Waals surface area contributed by atoms with Crippen molar-refractivity contribution in [1.29, 1.82) is 0 Å². The highest BCUT2D eigenvalue weighted by molar-refractivity contribution is 6.32. The van der Waals surface area contributed by atoms with Crippen LogP contribution in [0.2, 0.25) is 5.02 Å². The van der Waals surface area contributed by atoms with Gasteiger partial charge in [-0.2, -0.15) is 0 Å². The van der Waals surface area contributed by atoms with Gasteiger partial charge in [-0.1, -0.05) is 11.6 Å². The summed E-state index contributed by atoms with van der Waals surface area (Å²) in [7, 11) is 1.50. The zero-order chi connectivity index (χ0) is 17.4. The van der Waals surface area contributed by atoms with Gasteiger partial charge < -0.3 is 19.9 Å². The molecule has 0 saturated heterocycles. The summed E-state index contributed by atoms with van der Waals surface area (Å²) in [5.74, 6) is -0.431. The van der Waals surface area contributed by atoms with Gasteiger partial charge in [0.2, 0.25) is 5.91 Å². The van der Waals surface area contributed by atoms with Gasteiger partial charge in [-0.15, -0.1) is 0 Å². The van der Waals surface area contributed by atoms with E-state index in [0.29, 0.717) is 28.7 Å². The number of carbonyl (C=O) groups is 2. The first-order valence-electron chi connectivity index (χ1n) is 7.08. The van der Waals surface area contributed by atoms with Crippen molar-refractivity contribution >= 4 is 29.6 Å². The number of carbonyl (C=O) groups excluding carboxylic acids is 1. The minimum atomic E-state index is -0.968. The highest BCUT2D eigenvalue weighted by Crippen LogP contribution is 2.36. The number of carboxylic acid groups (broad SMARTS) is 1. The number of benzene rings is 1. The highest BCUT2D eigenvalue weighted by Gasteiger charge is 2.11. The molecular formula is C16H20ClNO5. The Hall–Kier alpha value is -2.21. The Morgan fingerprint density at radius 2 is 2.13 bits per heavy atom. The minimum absolute atomic E-state index is 0.137. The molecule has 0 fully saturated rings. The molecule has 2 N–H and O–H groups in total. The Kier molecular flexibility index (Phi) is 7.41. The fourth-order valence-electron chi connectivity index (χ4n) is 1.90. The van der Waals surface area contributed by atoms with E-state index in [9.17, 15) is 9.59 Å². The third-order valence-electron chi connectivity index (χ3n) is 2.84. The van der Waals surface area contributed by atoms with Crippen molar-refractivity contribution in [2.45, 2.75) is 26.3 Å². The van der Waals surface area contributed by atoms with Crippen LogP contribution < -0.4 is 14.8 Å². The normalized spacial score (nSPS) is 12.0. The van der Waals surface area contributed by atoms with Crippen LogP contribution in [0, 0.1) is 0 Å². The van der Waals surface area contributed by atoms with Gasteiger partial charge in [-0.25, -0.2) is 0 Å². The monoisotopic (exact) mass is 341 g/mol. The van der Waals surface area contributed by atoms with E-state index in [1.165, 1.54) is 13.2 Å². The van der Waals surface area contributed by atoms with E-state index in [1.807, 2.05) is 6.92 Å². The zero-order valence-electron chi connectivity index (χ0n) is 13.3. The highest BCUT2D eigenvalue weighted by atomic mass is 35.5. The van der Waals surface area contributed by atoms with E-state index in [-0.39, 0.29) is 12.3 Å². The molecule has 1 rings (SSSR count). The molecule has 1 amide bonds. The SMILES string of the molecule is CCOc1c(Cl)cc(C=CC(=O)NC(C)CC(=O)O)cc1OC. The fraction of sp³-hybridized carbons (Fsp3) is 0.375. The van der Waals surface area contributed by atoms with Crippen molar-refractivity contribution < 1.29 is 24.2 Å². The quantitative estimate of drug-likeness (QED) is 0.710. The summed E-state index contributed by atoms with van der Waals surface area (Å²) in [5, 5.41) is 11.6. The van der Waals surface area contributed by atoms with Crippen molar-refractivity contribution in [3.63, 3.8) is 0 Å². The van der Waals surface area contributed by atoms with Crippen molar-refractivity contribution in [2.24, 2.45) is 0 Å². The van der Waals surface area contributed by atoms with E-state index in [4.69, 9.17) is 26.2 Å². The minimum Gasteiger partial charge on any atom is -0.493 e. The average molecular weight is 342 g/mol. The largest absolute Gasteiger partial charge is 0.493 e. The van der Waals surface area contributed by atoms with Gasteiger partial charge in [0.15, 0.2) is 11.5 Å². The number of nitrogens with one attached hydrogen (secondary N) is 1. The maximum Gasteiger partial charge on any atom is 0.305 e. The van der Waals surface area contributed by atoms with Crippen LogP contribution in [-0.2, 0) is 9.59 Å². The van der Waals surface area contributed by atoms with Gasteiger partial charge in [0.05, 0.1) is 25.2 Å². The molecule has 0 aliphatic carbocycles. The van der Waals surface area contributed by atoms with Crippen LogP contribution >= 0.6 is 11.6 Å². The summed E-state index contributed by atoms with van der Waals surface area (Å²) < 4.78 is 10.6. The molecule has 0 saturated carbocycles. The summed E-state index contributed by atoms with van der Waals surface area (Å²) in [6.07, 6.45) is 2.74. The lowest BCUT2D eigenvalue weighted by molar-refractivity contribution is -0.137. The smallest absolute Gasteiger partial charge is 0.305 e. The molecule has 6 nitrogen and oxygen atoms in total. The van der Waals surface area contributed by atoms with E-state index >= 15 is 0 Å². The van der Waals surface area contributed by atoms with E-state index in [1.54, 1.807) is 25.1 Å². The first-order chi connectivity index (χ1) is 10.9. The average Bonchev–Trinajstić information content (AvgIpc) is 2.46. The second kappa shape index (κ2) is 9.05. The van der Waals surface area contributed by atoms with Gasteiger partial charge in [-0.05, 0) is 37.6 Å². The second-order valence-corrected chi connectivity index (χ2v) is 5.22. The molecule has 1 atom stereocenters. The van der Waals surface area contributed by atoms with E-state index in [0.717, 1.165) is 0 Å². The third kappa shape index (κ3) is 6.20. The van der Waals surface area contributed by atoms with Crippen LogP contribution in [0.4, 0.5) is 0 Å². The Bertz CT molecular complexity index is 600. The summed E-state index contributed by atoms with van der Waals surface area (Å²) in [6.45, 7) is 3.91. The van der Waals surface area contributed by atoms with Gasteiger partial charge in [0, 0.05) is 12.1 Å².